The van der Waals surface area contributed by atoms with Gasteiger partial charge in [-0.2, -0.15) is 0 Å². The predicted octanol–water partition coefficient (Wildman–Crippen LogP) is 0.917. The highest BCUT2D eigenvalue weighted by Crippen LogP contribution is 2.08. The largest absolute Gasteiger partial charge is 0.461 e. The Labute approximate surface area is 244 Å². The van der Waals surface area contributed by atoms with E-state index in [2.05, 4.69) is 16.1 Å². The summed E-state index contributed by atoms with van der Waals surface area (Å²) in [6.45, 7) is 4.44. The van der Waals surface area contributed by atoms with Crippen LogP contribution in [0.5, 0.6) is 0 Å². The molecule has 0 aliphatic carbocycles. The molecule has 0 heterocycles. The second-order valence-corrected chi connectivity index (χ2v) is 10.2. The number of carbonyl (C=O) groups excluding carboxylic acids is 5. The van der Waals surface area contributed by atoms with Gasteiger partial charge in [0.15, 0.2) is 0 Å². The van der Waals surface area contributed by atoms with Crippen molar-refractivity contribution in [1.82, 2.24) is 26.1 Å². The lowest BCUT2D eigenvalue weighted by Crippen LogP contribution is -2.57. The van der Waals surface area contributed by atoms with E-state index >= 15 is 0 Å². The second kappa shape index (κ2) is 16.5. The Hall–Kier alpha value is -4.69. The van der Waals surface area contributed by atoms with Crippen LogP contribution in [0.3, 0.4) is 0 Å². The van der Waals surface area contributed by atoms with Gasteiger partial charge in [0.05, 0.1) is 38.3 Å². The molecule has 0 spiro atoms. The van der Waals surface area contributed by atoms with E-state index in [4.69, 9.17) is 21.1 Å². The number of ether oxygens (including phenoxy) is 2. The molecule has 0 aliphatic heterocycles. The average molecular weight is 586 g/mol. The van der Waals surface area contributed by atoms with Crippen LogP contribution in [0, 0.1) is 0 Å². The fourth-order valence-corrected chi connectivity index (χ4v) is 3.32. The van der Waals surface area contributed by atoms with E-state index in [1.54, 1.807) is 69.3 Å². The van der Waals surface area contributed by atoms with Crippen molar-refractivity contribution in [3.05, 3.63) is 71.8 Å². The number of rotatable bonds is 13. The molecule has 0 aromatic heterocycles. The van der Waals surface area contributed by atoms with Gasteiger partial charge in [-0.25, -0.2) is 20.4 Å². The van der Waals surface area contributed by atoms with E-state index in [1.165, 1.54) is 0 Å². The maximum Gasteiger partial charge on any atom is 0.333 e. The number of hydrogen-bond donors (Lipinski definition) is 5. The number of esters is 1. The number of nitrogens with two attached hydrogens (primary N) is 2. The molecule has 2 aromatic carbocycles. The van der Waals surface area contributed by atoms with E-state index in [-0.39, 0.29) is 32.7 Å². The van der Waals surface area contributed by atoms with Gasteiger partial charge < -0.3 is 25.8 Å². The fourth-order valence-electron chi connectivity index (χ4n) is 3.32. The number of nitrogens with one attached hydrogen (secondary N) is 3. The van der Waals surface area contributed by atoms with Crippen LogP contribution < -0.4 is 27.6 Å². The maximum absolute atomic E-state index is 12.9. The van der Waals surface area contributed by atoms with Crippen molar-refractivity contribution in [2.45, 2.75) is 52.0 Å². The number of hydrogen-bond acceptors (Lipinski definition) is 8. The summed E-state index contributed by atoms with van der Waals surface area (Å²) >= 11 is 0. The van der Waals surface area contributed by atoms with Crippen molar-refractivity contribution >= 4 is 29.8 Å². The van der Waals surface area contributed by atoms with Crippen molar-refractivity contribution in [3.8, 4) is 0 Å². The van der Waals surface area contributed by atoms with Crippen LogP contribution >= 0.6 is 0 Å². The van der Waals surface area contributed by atoms with Gasteiger partial charge in [0, 0.05) is 0 Å². The fraction of sp³-hybridized carbons (Fsp3) is 0.393. The Balaban J connectivity index is 1.88. The lowest BCUT2D eigenvalue weighted by atomic mass is 10.2. The third-order valence-corrected chi connectivity index (χ3v) is 5.48. The molecule has 0 bridgehead atoms. The molecule has 0 fully saturated rings. The first-order valence-corrected chi connectivity index (χ1v) is 13.2. The molecular weight excluding hydrogens is 546 g/mol. The van der Waals surface area contributed by atoms with Gasteiger partial charge in [0.25, 0.3) is 5.91 Å². The normalized spacial score (nSPS) is 11.5. The van der Waals surface area contributed by atoms with E-state index in [0.717, 1.165) is 21.1 Å². The number of carbonyl (C=O) groups is 5. The molecule has 228 valence electrons. The number of hydrazine groups is 2. The standard InChI is InChI=1S/C28H39N7O7/c1-28(2,3)42-19-22(32-27(40)34(30)17-20-10-6-4-7-11-20)25(38)31-16-23(36)33-35(26(29)39)15-14-24(37)41-18-21-12-8-5-9-13-21/h4-13,22H,14-19,30H2,1-3H3,(H2,29,39)(H,31,38)(H,32,40)(H,33,36). The average Bonchev–Trinajstić information content (AvgIpc) is 2.95. The summed E-state index contributed by atoms with van der Waals surface area (Å²) in [4.78, 5) is 61.9. The third-order valence-electron chi connectivity index (χ3n) is 5.48. The molecule has 1 unspecified atom stereocenters. The number of amides is 6. The first kappa shape index (κ1) is 33.5. The van der Waals surface area contributed by atoms with Gasteiger partial charge in [0.1, 0.15) is 12.6 Å². The maximum atomic E-state index is 12.9. The van der Waals surface area contributed by atoms with Crippen molar-refractivity contribution in [3.63, 3.8) is 0 Å². The zero-order chi connectivity index (χ0) is 31.1. The predicted molar refractivity (Wildman–Crippen MR) is 152 cm³/mol. The molecule has 7 N–H and O–H groups in total. The summed E-state index contributed by atoms with van der Waals surface area (Å²) in [5.74, 6) is 3.75. The zero-order valence-electron chi connectivity index (χ0n) is 24.0. The number of nitrogens with zero attached hydrogens (tertiary/aromatic N) is 2. The molecule has 2 rings (SSSR count). The quantitative estimate of drug-likeness (QED) is 0.0989. The molecule has 0 aliphatic rings. The highest BCUT2D eigenvalue weighted by atomic mass is 16.5. The number of benzene rings is 2. The highest BCUT2D eigenvalue weighted by Gasteiger charge is 2.26. The Morgan fingerprint density at radius 1 is 0.929 bits per heavy atom. The first-order chi connectivity index (χ1) is 19.8. The Kier molecular flexibility index (Phi) is 13.2. The van der Waals surface area contributed by atoms with Crippen molar-refractivity contribution in [2.75, 3.05) is 19.7 Å². The molecule has 2 aromatic rings. The zero-order valence-corrected chi connectivity index (χ0v) is 24.0. The first-order valence-electron chi connectivity index (χ1n) is 13.2. The molecule has 1 atom stereocenters. The summed E-state index contributed by atoms with van der Waals surface area (Å²) in [5, 5.41) is 6.53. The summed E-state index contributed by atoms with van der Waals surface area (Å²) < 4.78 is 10.8. The van der Waals surface area contributed by atoms with Gasteiger partial charge in [-0.1, -0.05) is 60.7 Å². The van der Waals surface area contributed by atoms with Crippen molar-refractivity contribution in [1.29, 1.82) is 0 Å². The number of primary amides is 1. The smallest absolute Gasteiger partial charge is 0.333 e. The highest BCUT2D eigenvalue weighted by molar-refractivity contribution is 5.90. The molecule has 14 heteroatoms. The van der Waals surface area contributed by atoms with Crippen LogP contribution in [0.2, 0.25) is 0 Å². The van der Waals surface area contributed by atoms with Gasteiger partial charge >= 0.3 is 18.0 Å². The second-order valence-electron chi connectivity index (χ2n) is 10.2. The van der Waals surface area contributed by atoms with Gasteiger partial charge in [-0.3, -0.25) is 24.8 Å². The van der Waals surface area contributed by atoms with Gasteiger partial charge in [-0.05, 0) is 31.9 Å². The van der Waals surface area contributed by atoms with Crippen LogP contribution in [0.15, 0.2) is 60.7 Å². The summed E-state index contributed by atoms with van der Waals surface area (Å²) in [6.07, 6.45) is -0.237. The van der Waals surface area contributed by atoms with E-state index < -0.39 is 48.0 Å². The molecule has 42 heavy (non-hydrogen) atoms. The minimum Gasteiger partial charge on any atom is -0.461 e. The molecular formula is C28H39N7O7. The summed E-state index contributed by atoms with van der Waals surface area (Å²) in [6, 6.07) is 15.1. The van der Waals surface area contributed by atoms with E-state index in [0.29, 0.717) is 0 Å². The lowest BCUT2D eigenvalue weighted by molar-refractivity contribution is -0.145. The van der Waals surface area contributed by atoms with Gasteiger partial charge in [0.2, 0.25) is 5.91 Å². The van der Waals surface area contributed by atoms with Crippen molar-refractivity contribution < 1.29 is 33.4 Å². The minimum atomic E-state index is -1.20. The molecule has 6 amide bonds. The van der Waals surface area contributed by atoms with E-state index in [9.17, 15) is 24.0 Å². The van der Waals surface area contributed by atoms with Crippen LogP contribution in [0.1, 0.15) is 38.3 Å². The van der Waals surface area contributed by atoms with Crippen molar-refractivity contribution in [2.24, 2.45) is 11.6 Å². The van der Waals surface area contributed by atoms with Crippen LogP contribution in [-0.2, 0) is 37.0 Å². The van der Waals surface area contributed by atoms with Crippen LogP contribution in [0.25, 0.3) is 0 Å². The Morgan fingerprint density at radius 3 is 2.10 bits per heavy atom. The Morgan fingerprint density at radius 2 is 1.52 bits per heavy atom. The molecule has 0 radical (unpaired) electrons. The lowest BCUT2D eigenvalue weighted by Gasteiger charge is -2.26. The number of urea groups is 2. The van der Waals surface area contributed by atoms with Crippen LogP contribution in [0.4, 0.5) is 9.59 Å². The monoisotopic (exact) mass is 585 g/mol. The van der Waals surface area contributed by atoms with Gasteiger partial charge in [-0.15, -0.1) is 0 Å². The van der Waals surface area contributed by atoms with E-state index in [1.807, 2.05) is 12.1 Å². The Bertz CT molecular complexity index is 1190. The topological polar surface area (TPSA) is 198 Å². The third kappa shape index (κ3) is 13.1. The molecule has 14 nitrogen and oxygen atoms in total. The SMILES string of the molecule is CC(C)(C)OCC(NC(=O)N(N)Cc1ccccc1)C(=O)NCC(=O)NN(CCC(=O)OCc1ccccc1)C(N)=O. The van der Waals surface area contributed by atoms with Crippen LogP contribution in [-0.4, -0.2) is 71.2 Å². The summed E-state index contributed by atoms with van der Waals surface area (Å²) in [7, 11) is 0. The minimum absolute atomic E-state index is 0.0550. The molecule has 0 saturated carbocycles. The molecule has 0 saturated heterocycles. The summed E-state index contributed by atoms with van der Waals surface area (Å²) in [5.41, 5.74) is 8.49.